The average molecular weight is 475 g/mol. The third kappa shape index (κ3) is 6.48. The summed E-state index contributed by atoms with van der Waals surface area (Å²) in [5.74, 6) is 0.983. The van der Waals surface area contributed by atoms with E-state index in [0.29, 0.717) is 13.1 Å². The number of nitrogens with zero attached hydrogens (tertiary/aromatic N) is 1. The summed E-state index contributed by atoms with van der Waals surface area (Å²) >= 11 is 0. The summed E-state index contributed by atoms with van der Waals surface area (Å²) in [5.41, 5.74) is 0.490. The predicted molar refractivity (Wildman–Crippen MR) is 135 cm³/mol. The van der Waals surface area contributed by atoms with Crippen molar-refractivity contribution in [3.05, 3.63) is 42.0 Å². The van der Waals surface area contributed by atoms with Gasteiger partial charge in [-0.3, -0.25) is 0 Å². The molecule has 1 saturated heterocycles. The quantitative estimate of drug-likeness (QED) is 0.613. The van der Waals surface area contributed by atoms with Gasteiger partial charge in [-0.25, -0.2) is 13.7 Å². The van der Waals surface area contributed by atoms with Crippen molar-refractivity contribution in [2.75, 3.05) is 20.2 Å². The Balaban J connectivity index is 1.90. The number of rotatable bonds is 5. The number of hydrogen-bond acceptors (Lipinski definition) is 4. The fraction of sp³-hybridized carbons (Fsp3) is 0.577. The van der Waals surface area contributed by atoms with Gasteiger partial charge >= 0.3 is 6.09 Å². The highest BCUT2D eigenvalue weighted by atomic mass is 32.2. The molecular formula is C26H38N2O4S. The van der Waals surface area contributed by atoms with Gasteiger partial charge in [-0.15, -0.1) is 0 Å². The summed E-state index contributed by atoms with van der Waals surface area (Å²) in [6.07, 6.45) is 1.30. The molecule has 0 aliphatic carbocycles. The zero-order valence-corrected chi connectivity index (χ0v) is 21.8. The molecule has 1 heterocycles. The van der Waals surface area contributed by atoms with E-state index < -0.39 is 21.3 Å². The normalized spacial score (nSPS) is 17.6. The maximum atomic E-state index is 13.2. The van der Waals surface area contributed by atoms with Crippen molar-refractivity contribution in [3.63, 3.8) is 0 Å². The highest BCUT2D eigenvalue weighted by molar-refractivity contribution is 7.84. The largest absolute Gasteiger partial charge is 0.496 e. The lowest BCUT2D eigenvalue weighted by molar-refractivity contribution is 0.0172. The van der Waals surface area contributed by atoms with E-state index in [1.165, 1.54) is 0 Å². The first kappa shape index (κ1) is 25.5. The van der Waals surface area contributed by atoms with Gasteiger partial charge in [-0.1, -0.05) is 24.3 Å². The number of ether oxygens (including phenoxy) is 2. The molecule has 1 aliphatic heterocycles. The Kier molecular flexibility index (Phi) is 7.74. The Morgan fingerprint density at radius 3 is 2.15 bits per heavy atom. The molecule has 1 fully saturated rings. The molecule has 0 saturated carbocycles. The van der Waals surface area contributed by atoms with Crippen LogP contribution < -0.4 is 9.46 Å². The minimum atomic E-state index is -1.26. The van der Waals surface area contributed by atoms with Gasteiger partial charge in [0.2, 0.25) is 0 Å². The van der Waals surface area contributed by atoms with Crippen LogP contribution in [0, 0.1) is 5.92 Å². The summed E-state index contributed by atoms with van der Waals surface area (Å²) in [6.45, 7) is 12.8. The molecule has 182 valence electrons. The summed E-state index contributed by atoms with van der Waals surface area (Å²) < 4.78 is 27.5. The summed E-state index contributed by atoms with van der Waals surface area (Å²) in [4.78, 5) is 14.3. The predicted octanol–water partition coefficient (Wildman–Crippen LogP) is 5.59. The van der Waals surface area contributed by atoms with Crippen molar-refractivity contribution in [2.45, 2.75) is 70.8 Å². The van der Waals surface area contributed by atoms with E-state index >= 15 is 0 Å². The zero-order chi connectivity index (χ0) is 24.4. The third-order valence-corrected chi connectivity index (χ3v) is 7.47. The molecule has 0 spiro atoms. The minimum Gasteiger partial charge on any atom is -0.496 e. The highest BCUT2D eigenvalue weighted by Crippen LogP contribution is 2.39. The van der Waals surface area contributed by atoms with Gasteiger partial charge in [0.15, 0.2) is 0 Å². The van der Waals surface area contributed by atoms with Crippen molar-refractivity contribution in [2.24, 2.45) is 5.92 Å². The third-order valence-electron chi connectivity index (χ3n) is 5.89. The first-order valence-electron chi connectivity index (χ1n) is 11.6. The van der Waals surface area contributed by atoms with E-state index in [-0.39, 0.29) is 18.1 Å². The topological polar surface area (TPSA) is 67.9 Å². The molecule has 2 aromatic rings. The average Bonchev–Trinajstić information content (AvgIpc) is 2.74. The van der Waals surface area contributed by atoms with Gasteiger partial charge < -0.3 is 14.4 Å². The number of methoxy groups -OCH3 is 1. The molecule has 33 heavy (non-hydrogen) atoms. The van der Waals surface area contributed by atoms with Crippen LogP contribution >= 0.6 is 0 Å². The van der Waals surface area contributed by atoms with Crippen LogP contribution in [-0.2, 0) is 15.7 Å². The first-order valence-corrected chi connectivity index (χ1v) is 12.8. The Hall–Kier alpha value is -2.12. The molecule has 2 aromatic carbocycles. The van der Waals surface area contributed by atoms with E-state index in [2.05, 4.69) is 29.0 Å². The van der Waals surface area contributed by atoms with Crippen molar-refractivity contribution < 1.29 is 18.5 Å². The van der Waals surface area contributed by atoms with Crippen LogP contribution in [0.25, 0.3) is 10.8 Å². The second kappa shape index (κ2) is 10.0. The van der Waals surface area contributed by atoms with Crippen molar-refractivity contribution >= 4 is 27.9 Å². The lowest BCUT2D eigenvalue weighted by Crippen LogP contribution is -2.45. The number of likely N-dealkylation sites (tertiary alicyclic amines) is 1. The Labute approximate surface area is 200 Å². The minimum absolute atomic E-state index is 0.162. The summed E-state index contributed by atoms with van der Waals surface area (Å²) in [7, 11) is 0.422. The van der Waals surface area contributed by atoms with E-state index in [1.54, 1.807) is 12.0 Å². The monoisotopic (exact) mass is 474 g/mol. The van der Waals surface area contributed by atoms with Crippen LogP contribution in [-0.4, -0.2) is 45.7 Å². The molecule has 0 bridgehead atoms. The number of carbonyl (C=O) groups excluding carboxylic acids is 1. The molecule has 3 rings (SSSR count). The smallest absolute Gasteiger partial charge is 0.410 e. The Bertz CT molecular complexity index is 1000. The molecule has 1 N–H and O–H groups in total. The van der Waals surface area contributed by atoms with Crippen LogP contribution in [0.15, 0.2) is 36.4 Å². The fourth-order valence-corrected chi connectivity index (χ4v) is 5.01. The molecule has 0 radical (unpaired) electrons. The molecule has 7 heteroatoms. The van der Waals surface area contributed by atoms with Crippen molar-refractivity contribution in [1.29, 1.82) is 0 Å². The Morgan fingerprint density at radius 2 is 1.64 bits per heavy atom. The number of benzene rings is 2. The maximum Gasteiger partial charge on any atom is 0.410 e. The van der Waals surface area contributed by atoms with Gasteiger partial charge in [0.05, 0.1) is 28.9 Å². The van der Waals surface area contributed by atoms with Gasteiger partial charge in [0.1, 0.15) is 11.4 Å². The molecule has 6 nitrogen and oxygen atoms in total. The van der Waals surface area contributed by atoms with Crippen LogP contribution in [0.3, 0.4) is 0 Å². The second-order valence-corrected chi connectivity index (χ2v) is 12.7. The van der Waals surface area contributed by atoms with E-state index in [0.717, 1.165) is 34.9 Å². The van der Waals surface area contributed by atoms with Gasteiger partial charge in [0.25, 0.3) is 0 Å². The summed E-state index contributed by atoms with van der Waals surface area (Å²) in [6, 6.07) is 12.2. The lowest BCUT2D eigenvalue weighted by atomic mass is 9.85. The molecule has 2 atom stereocenters. The van der Waals surface area contributed by atoms with Crippen LogP contribution in [0.4, 0.5) is 4.79 Å². The molecule has 1 amide bonds. The van der Waals surface area contributed by atoms with Crippen molar-refractivity contribution in [1.82, 2.24) is 9.62 Å². The van der Waals surface area contributed by atoms with E-state index in [1.807, 2.05) is 53.7 Å². The Morgan fingerprint density at radius 1 is 1.06 bits per heavy atom. The maximum absolute atomic E-state index is 13.2. The van der Waals surface area contributed by atoms with Crippen LogP contribution in [0.2, 0.25) is 0 Å². The van der Waals surface area contributed by atoms with Gasteiger partial charge in [0, 0.05) is 18.7 Å². The van der Waals surface area contributed by atoms with E-state index in [9.17, 15) is 9.00 Å². The molecule has 0 aromatic heterocycles. The fourth-order valence-electron chi connectivity index (χ4n) is 4.10. The van der Waals surface area contributed by atoms with Crippen LogP contribution in [0.5, 0.6) is 5.75 Å². The molecule has 1 aliphatic rings. The number of amides is 1. The van der Waals surface area contributed by atoms with Gasteiger partial charge in [-0.2, -0.15) is 0 Å². The standard InChI is InChI=1S/C26H38N2O4S/c1-25(2,3)32-24(29)28-14-12-18(13-15-28)23(27-33(30)26(4,5)6)21-16-19-10-8-9-11-20(19)17-22(21)31-7/h8-11,16-18,23,27H,12-15H2,1-7H3/t23-,33?/m1/s1. The molecular weight excluding hydrogens is 436 g/mol. The van der Waals surface area contributed by atoms with Gasteiger partial charge in [-0.05, 0) is 83.2 Å². The molecule has 1 unspecified atom stereocenters. The highest BCUT2D eigenvalue weighted by Gasteiger charge is 2.35. The number of fused-ring (bicyclic) bond motifs is 1. The second-order valence-electron chi connectivity index (χ2n) is 10.7. The number of nitrogens with one attached hydrogen (secondary N) is 1. The van der Waals surface area contributed by atoms with E-state index in [4.69, 9.17) is 9.47 Å². The SMILES string of the molecule is COc1cc2ccccc2cc1[C@H](NS(=O)C(C)(C)C)C1CCN(C(=O)OC(C)(C)C)CC1. The number of piperidine rings is 1. The van der Waals surface area contributed by atoms with Crippen molar-refractivity contribution in [3.8, 4) is 5.75 Å². The van der Waals surface area contributed by atoms with Crippen LogP contribution in [0.1, 0.15) is 66.0 Å². The lowest BCUT2D eigenvalue weighted by Gasteiger charge is -2.38. The number of hydrogen-bond donors (Lipinski definition) is 1. The summed E-state index contributed by atoms with van der Waals surface area (Å²) in [5, 5.41) is 2.22. The number of carbonyl (C=O) groups is 1. The first-order chi connectivity index (χ1) is 15.4. The zero-order valence-electron chi connectivity index (χ0n) is 20.9.